The Morgan fingerprint density at radius 3 is 2.31 bits per heavy atom. The Kier molecular flexibility index (Phi) is 7.63. The lowest BCUT2D eigenvalue weighted by atomic mass is 10.1. The fraction of sp³-hybridized carbons (Fsp3) is 0.172. The lowest BCUT2D eigenvalue weighted by Crippen LogP contribution is -2.17. The van der Waals surface area contributed by atoms with Gasteiger partial charge in [-0.25, -0.2) is 5.43 Å². The number of aryl methyl sites for hydroxylation is 1. The highest BCUT2D eigenvalue weighted by Gasteiger charge is 2.11. The summed E-state index contributed by atoms with van der Waals surface area (Å²) < 4.78 is 13.4. The van der Waals surface area contributed by atoms with Gasteiger partial charge < -0.3 is 14.0 Å². The first-order valence-electron chi connectivity index (χ1n) is 11.7. The molecular weight excluding hydrogens is 438 g/mol. The molecule has 0 atom stereocenters. The number of hydrogen-bond acceptors (Lipinski definition) is 4. The van der Waals surface area contributed by atoms with E-state index in [1.54, 1.807) is 18.3 Å². The van der Waals surface area contributed by atoms with Gasteiger partial charge in [0.05, 0.1) is 25.1 Å². The predicted octanol–water partition coefficient (Wildman–Crippen LogP) is 6.01. The average molecular weight is 468 g/mol. The van der Waals surface area contributed by atoms with E-state index in [9.17, 15) is 4.79 Å². The van der Waals surface area contributed by atoms with Crippen LogP contribution in [0.1, 0.15) is 35.5 Å². The molecule has 0 bridgehead atoms. The third kappa shape index (κ3) is 5.61. The van der Waals surface area contributed by atoms with Crippen molar-refractivity contribution in [1.29, 1.82) is 0 Å². The van der Waals surface area contributed by atoms with Crippen LogP contribution in [0.2, 0.25) is 0 Å². The number of carbonyl (C=O) groups is 1. The van der Waals surface area contributed by atoms with Crippen molar-refractivity contribution in [2.75, 3.05) is 13.2 Å². The molecule has 0 radical (unpaired) electrons. The van der Waals surface area contributed by atoms with Gasteiger partial charge in [0, 0.05) is 16.9 Å². The van der Waals surface area contributed by atoms with Crippen molar-refractivity contribution in [2.24, 2.45) is 5.10 Å². The Bertz CT molecular complexity index is 1310. The molecular formula is C29H29N3O3. The first-order valence-corrected chi connectivity index (χ1v) is 11.7. The molecule has 0 unspecified atom stereocenters. The van der Waals surface area contributed by atoms with E-state index in [-0.39, 0.29) is 5.91 Å². The minimum absolute atomic E-state index is 0.281. The minimum atomic E-state index is -0.281. The van der Waals surface area contributed by atoms with Crippen LogP contribution in [0.5, 0.6) is 11.5 Å². The normalized spacial score (nSPS) is 10.9. The van der Waals surface area contributed by atoms with E-state index in [0.29, 0.717) is 30.3 Å². The van der Waals surface area contributed by atoms with Gasteiger partial charge in [0.1, 0.15) is 0 Å². The van der Waals surface area contributed by atoms with Gasteiger partial charge in [-0.05, 0) is 86.5 Å². The van der Waals surface area contributed by atoms with Crippen LogP contribution in [0.15, 0.2) is 90.0 Å². The van der Waals surface area contributed by atoms with E-state index in [4.69, 9.17) is 9.47 Å². The number of carbonyl (C=O) groups excluding carboxylic acids is 1. The highest BCUT2D eigenvalue weighted by Crippen LogP contribution is 2.28. The van der Waals surface area contributed by atoms with Crippen molar-refractivity contribution < 1.29 is 14.3 Å². The number of amides is 1. The number of aromatic nitrogens is 1. The van der Waals surface area contributed by atoms with Gasteiger partial charge >= 0.3 is 0 Å². The minimum Gasteiger partial charge on any atom is -0.490 e. The van der Waals surface area contributed by atoms with Crippen LogP contribution in [0.3, 0.4) is 0 Å². The number of benzene rings is 3. The van der Waals surface area contributed by atoms with Crippen molar-refractivity contribution >= 4 is 12.1 Å². The molecule has 178 valence electrons. The molecule has 1 heterocycles. The molecule has 6 heteroatoms. The smallest absolute Gasteiger partial charge is 0.271 e. The van der Waals surface area contributed by atoms with Crippen molar-refractivity contribution in [3.8, 4) is 28.4 Å². The molecule has 0 saturated heterocycles. The van der Waals surface area contributed by atoms with Gasteiger partial charge in [-0.15, -0.1) is 0 Å². The average Bonchev–Trinajstić information content (AvgIpc) is 3.27. The van der Waals surface area contributed by atoms with Gasteiger partial charge in [0.2, 0.25) is 0 Å². The van der Waals surface area contributed by atoms with Crippen LogP contribution in [-0.4, -0.2) is 29.9 Å². The van der Waals surface area contributed by atoms with Crippen molar-refractivity contribution in [3.05, 3.63) is 102 Å². The second kappa shape index (κ2) is 11.2. The number of rotatable bonds is 9. The topological polar surface area (TPSA) is 64.8 Å². The Hall–Kier alpha value is -4.32. The first kappa shape index (κ1) is 23.8. The summed E-state index contributed by atoms with van der Waals surface area (Å²) in [6.45, 7) is 7.00. The Morgan fingerprint density at radius 1 is 0.886 bits per heavy atom. The second-order valence-corrected chi connectivity index (χ2v) is 7.88. The third-order valence-electron chi connectivity index (χ3n) is 5.48. The van der Waals surface area contributed by atoms with Crippen molar-refractivity contribution in [1.82, 2.24) is 9.99 Å². The van der Waals surface area contributed by atoms with E-state index in [0.717, 1.165) is 28.2 Å². The summed E-state index contributed by atoms with van der Waals surface area (Å²) in [6, 6.07) is 27.5. The zero-order valence-corrected chi connectivity index (χ0v) is 20.2. The van der Waals surface area contributed by atoms with Crippen LogP contribution in [0.4, 0.5) is 0 Å². The third-order valence-corrected chi connectivity index (χ3v) is 5.48. The monoisotopic (exact) mass is 467 g/mol. The zero-order valence-electron chi connectivity index (χ0n) is 20.2. The molecule has 0 aliphatic rings. The summed E-state index contributed by atoms with van der Waals surface area (Å²) in [4.78, 5) is 12.6. The number of hydrogen-bond donors (Lipinski definition) is 1. The molecule has 6 nitrogen and oxygen atoms in total. The Labute approximate surface area is 205 Å². The molecule has 35 heavy (non-hydrogen) atoms. The number of nitrogens with zero attached hydrogens (tertiary/aromatic N) is 2. The highest BCUT2D eigenvalue weighted by atomic mass is 16.5. The van der Waals surface area contributed by atoms with Gasteiger partial charge in [0.25, 0.3) is 5.91 Å². The molecule has 3 aromatic carbocycles. The molecule has 0 fully saturated rings. The summed E-state index contributed by atoms with van der Waals surface area (Å²) in [7, 11) is 0. The SMILES string of the molecule is CCOc1ccc(/C=N/NC(=O)c2ccc(-n3c(C)ccc3-c3ccccc3)cc2)cc1OCC. The number of ether oxygens (including phenoxy) is 2. The summed E-state index contributed by atoms with van der Waals surface area (Å²) >= 11 is 0. The van der Waals surface area contributed by atoms with Crippen LogP contribution < -0.4 is 14.9 Å². The van der Waals surface area contributed by atoms with Gasteiger partial charge in [-0.2, -0.15) is 5.10 Å². The fourth-order valence-electron chi connectivity index (χ4n) is 3.86. The van der Waals surface area contributed by atoms with E-state index in [2.05, 4.69) is 46.3 Å². The van der Waals surface area contributed by atoms with E-state index >= 15 is 0 Å². The number of nitrogens with one attached hydrogen (secondary N) is 1. The maximum atomic E-state index is 12.6. The van der Waals surface area contributed by atoms with Gasteiger partial charge in [0.15, 0.2) is 11.5 Å². The van der Waals surface area contributed by atoms with Crippen LogP contribution >= 0.6 is 0 Å². The van der Waals surface area contributed by atoms with E-state index in [1.165, 1.54) is 0 Å². The highest BCUT2D eigenvalue weighted by molar-refractivity contribution is 5.95. The Morgan fingerprint density at radius 2 is 1.60 bits per heavy atom. The molecule has 0 saturated carbocycles. The van der Waals surface area contributed by atoms with Crippen LogP contribution in [0, 0.1) is 6.92 Å². The molecule has 0 aliphatic carbocycles. The molecule has 0 aliphatic heterocycles. The second-order valence-electron chi connectivity index (χ2n) is 7.88. The number of hydrazone groups is 1. The largest absolute Gasteiger partial charge is 0.490 e. The summed E-state index contributed by atoms with van der Waals surface area (Å²) in [5, 5.41) is 4.11. The molecule has 1 N–H and O–H groups in total. The van der Waals surface area contributed by atoms with Crippen LogP contribution in [-0.2, 0) is 0 Å². The van der Waals surface area contributed by atoms with Crippen molar-refractivity contribution in [2.45, 2.75) is 20.8 Å². The lowest BCUT2D eigenvalue weighted by Gasteiger charge is -2.13. The molecule has 1 aromatic heterocycles. The predicted molar refractivity (Wildman–Crippen MR) is 140 cm³/mol. The maximum Gasteiger partial charge on any atom is 0.271 e. The quantitative estimate of drug-likeness (QED) is 0.242. The first-order chi connectivity index (χ1) is 17.1. The van der Waals surface area contributed by atoms with Crippen molar-refractivity contribution in [3.63, 3.8) is 0 Å². The standard InChI is InChI=1S/C29H29N3O3/c1-4-34-27-18-12-22(19-28(27)35-5-2)20-30-31-29(33)24-13-15-25(16-14-24)32-21(3)11-17-26(32)23-9-7-6-8-10-23/h6-20H,4-5H2,1-3H3,(H,31,33)/b30-20+. The molecule has 4 aromatic rings. The summed E-state index contributed by atoms with van der Waals surface area (Å²) in [5.41, 5.74) is 8.26. The van der Waals surface area contributed by atoms with Gasteiger partial charge in [-0.3, -0.25) is 4.79 Å². The summed E-state index contributed by atoms with van der Waals surface area (Å²) in [6.07, 6.45) is 1.58. The molecule has 4 rings (SSSR count). The maximum absolute atomic E-state index is 12.6. The van der Waals surface area contributed by atoms with E-state index < -0.39 is 0 Å². The molecule has 1 amide bonds. The fourth-order valence-corrected chi connectivity index (χ4v) is 3.86. The van der Waals surface area contributed by atoms with Crippen LogP contribution in [0.25, 0.3) is 16.9 Å². The summed E-state index contributed by atoms with van der Waals surface area (Å²) in [5.74, 6) is 1.05. The Balaban J connectivity index is 1.46. The van der Waals surface area contributed by atoms with Gasteiger partial charge in [-0.1, -0.05) is 30.3 Å². The van der Waals surface area contributed by atoms with E-state index in [1.807, 2.05) is 62.4 Å². The lowest BCUT2D eigenvalue weighted by molar-refractivity contribution is 0.0955. The molecule has 0 spiro atoms. The zero-order chi connectivity index (χ0) is 24.6.